The van der Waals surface area contributed by atoms with Crippen LogP contribution in [0.25, 0.3) is 11.3 Å². The number of carbonyl (C=O) groups excluding carboxylic acids is 1. The zero-order valence-corrected chi connectivity index (χ0v) is 15.1. The Morgan fingerprint density at radius 2 is 2.16 bits per heavy atom. The van der Waals surface area contributed by atoms with E-state index in [9.17, 15) is 4.79 Å². The molecule has 1 saturated heterocycles. The highest BCUT2D eigenvalue weighted by atomic mass is 16.4. The van der Waals surface area contributed by atoms with Crippen molar-refractivity contribution in [2.45, 2.75) is 45.6 Å². The average Bonchev–Trinajstić information content (AvgIpc) is 3.24. The Bertz CT molecular complexity index is 696. The molecule has 2 aromatic rings. The van der Waals surface area contributed by atoms with Crippen LogP contribution in [0.2, 0.25) is 0 Å². The normalized spacial score (nSPS) is 17.8. The van der Waals surface area contributed by atoms with Crippen molar-refractivity contribution in [3.05, 3.63) is 41.9 Å². The van der Waals surface area contributed by atoms with E-state index in [1.165, 1.54) is 12.8 Å². The molecule has 1 aliphatic heterocycles. The number of amides is 1. The van der Waals surface area contributed by atoms with Gasteiger partial charge in [-0.15, -0.1) is 0 Å². The number of aryl methyl sites for hydroxylation is 2. The molecule has 0 aliphatic carbocycles. The number of hydrogen-bond acceptors (Lipinski definition) is 4. The zero-order valence-electron chi connectivity index (χ0n) is 15.1. The van der Waals surface area contributed by atoms with Crippen LogP contribution in [0.15, 0.2) is 34.7 Å². The third-order valence-corrected chi connectivity index (χ3v) is 4.88. The number of carbonyl (C=O) groups is 1. The van der Waals surface area contributed by atoms with E-state index < -0.39 is 0 Å². The van der Waals surface area contributed by atoms with E-state index in [2.05, 4.69) is 22.1 Å². The molecule has 0 radical (unpaired) electrons. The van der Waals surface area contributed by atoms with Gasteiger partial charge in [0.2, 0.25) is 5.91 Å². The van der Waals surface area contributed by atoms with Gasteiger partial charge >= 0.3 is 0 Å². The van der Waals surface area contributed by atoms with Crippen LogP contribution in [0.1, 0.15) is 37.8 Å². The highest BCUT2D eigenvalue weighted by Crippen LogP contribution is 2.24. The van der Waals surface area contributed by atoms with E-state index in [4.69, 9.17) is 4.42 Å². The average molecular weight is 341 g/mol. The molecule has 134 valence electrons. The van der Waals surface area contributed by atoms with Crippen LogP contribution in [0, 0.1) is 6.92 Å². The van der Waals surface area contributed by atoms with E-state index in [-0.39, 0.29) is 5.91 Å². The smallest absolute Gasteiger partial charge is 0.220 e. The third kappa shape index (κ3) is 4.48. The van der Waals surface area contributed by atoms with E-state index in [1.807, 2.05) is 37.3 Å². The van der Waals surface area contributed by atoms with Crippen LogP contribution >= 0.6 is 0 Å². The second-order valence-electron chi connectivity index (χ2n) is 6.62. The molecule has 1 aromatic heterocycles. The van der Waals surface area contributed by atoms with E-state index in [0.717, 1.165) is 36.7 Å². The SMILES string of the molecule is CCN1CCCC1CNC(=O)CCc1nc(C)c(-c2ccccc2)o1. The van der Waals surface area contributed by atoms with Gasteiger partial charge < -0.3 is 9.73 Å². The fraction of sp³-hybridized carbons (Fsp3) is 0.500. The number of nitrogens with one attached hydrogen (secondary N) is 1. The summed E-state index contributed by atoms with van der Waals surface area (Å²) in [4.78, 5) is 19.0. The molecular formula is C20H27N3O2. The Hall–Kier alpha value is -2.14. The van der Waals surface area contributed by atoms with Crippen molar-refractivity contribution >= 4 is 5.91 Å². The molecule has 3 rings (SSSR count). The number of benzene rings is 1. The van der Waals surface area contributed by atoms with Gasteiger partial charge in [-0.3, -0.25) is 9.69 Å². The summed E-state index contributed by atoms with van der Waals surface area (Å²) in [5.41, 5.74) is 1.88. The fourth-order valence-electron chi connectivity index (χ4n) is 3.50. The molecule has 1 amide bonds. The molecule has 0 spiro atoms. The Morgan fingerprint density at radius 3 is 2.92 bits per heavy atom. The maximum Gasteiger partial charge on any atom is 0.220 e. The van der Waals surface area contributed by atoms with Crippen LogP contribution in [-0.4, -0.2) is 41.5 Å². The van der Waals surface area contributed by atoms with Gasteiger partial charge in [-0.25, -0.2) is 4.98 Å². The highest BCUT2D eigenvalue weighted by molar-refractivity contribution is 5.76. The lowest BCUT2D eigenvalue weighted by Crippen LogP contribution is -2.40. The molecule has 25 heavy (non-hydrogen) atoms. The number of oxazole rings is 1. The zero-order chi connectivity index (χ0) is 17.6. The van der Waals surface area contributed by atoms with Crippen molar-refractivity contribution in [1.29, 1.82) is 0 Å². The number of likely N-dealkylation sites (N-methyl/N-ethyl adjacent to an activating group) is 1. The molecule has 1 unspecified atom stereocenters. The minimum atomic E-state index is 0.0695. The number of aromatic nitrogens is 1. The van der Waals surface area contributed by atoms with Crippen molar-refractivity contribution < 1.29 is 9.21 Å². The summed E-state index contributed by atoms with van der Waals surface area (Å²) >= 11 is 0. The summed E-state index contributed by atoms with van der Waals surface area (Å²) in [6.45, 7) is 7.06. The topological polar surface area (TPSA) is 58.4 Å². The van der Waals surface area contributed by atoms with Crippen molar-refractivity contribution in [1.82, 2.24) is 15.2 Å². The van der Waals surface area contributed by atoms with Gasteiger partial charge in [-0.05, 0) is 32.9 Å². The van der Waals surface area contributed by atoms with Crippen LogP contribution in [-0.2, 0) is 11.2 Å². The summed E-state index contributed by atoms with van der Waals surface area (Å²) in [5, 5.41) is 3.06. The monoisotopic (exact) mass is 341 g/mol. The van der Waals surface area contributed by atoms with E-state index in [1.54, 1.807) is 0 Å². The quantitative estimate of drug-likeness (QED) is 0.840. The molecule has 1 atom stereocenters. The van der Waals surface area contributed by atoms with Crippen molar-refractivity contribution in [2.24, 2.45) is 0 Å². The number of rotatable bonds is 7. The van der Waals surface area contributed by atoms with Gasteiger partial charge in [-0.2, -0.15) is 0 Å². The van der Waals surface area contributed by atoms with Crippen LogP contribution in [0.5, 0.6) is 0 Å². The summed E-state index contributed by atoms with van der Waals surface area (Å²) in [7, 11) is 0. The summed E-state index contributed by atoms with van der Waals surface area (Å²) in [5.74, 6) is 1.49. The summed E-state index contributed by atoms with van der Waals surface area (Å²) in [6.07, 6.45) is 3.34. The molecule has 1 N–H and O–H groups in total. The summed E-state index contributed by atoms with van der Waals surface area (Å²) in [6, 6.07) is 10.4. The standard InChI is InChI=1S/C20H27N3O2/c1-3-23-13-7-10-17(23)14-21-18(24)11-12-19-22-15(2)20(25-19)16-8-5-4-6-9-16/h4-6,8-9,17H,3,7,10-14H2,1-2H3,(H,21,24). The molecule has 5 nitrogen and oxygen atoms in total. The second kappa shape index (κ2) is 8.30. The molecular weight excluding hydrogens is 314 g/mol. The van der Waals surface area contributed by atoms with Gasteiger partial charge in [0.05, 0.1) is 5.69 Å². The van der Waals surface area contributed by atoms with E-state index >= 15 is 0 Å². The first-order valence-electron chi connectivity index (χ1n) is 9.20. The molecule has 0 saturated carbocycles. The van der Waals surface area contributed by atoms with Gasteiger partial charge in [0, 0.05) is 31.0 Å². The maximum absolute atomic E-state index is 12.1. The Labute approximate surface area is 149 Å². The van der Waals surface area contributed by atoms with Crippen LogP contribution in [0.3, 0.4) is 0 Å². The first kappa shape index (κ1) is 17.7. The minimum Gasteiger partial charge on any atom is -0.440 e. The van der Waals surface area contributed by atoms with Crippen LogP contribution < -0.4 is 5.32 Å². The predicted molar refractivity (Wildman–Crippen MR) is 98.3 cm³/mol. The third-order valence-electron chi connectivity index (χ3n) is 4.88. The molecule has 1 fully saturated rings. The van der Waals surface area contributed by atoms with Gasteiger partial charge in [0.25, 0.3) is 0 Å². The predicted octanol–water partition coefficient (Wildman–Crippen LogP) is 3.18. The highest BCUT2D eigenvalue weighted by Gasteiger charge is 2.23. The lowest BCUT2D eigenvalue weighted by atomic mass is 10.1. The maximum atomic E-state index is 12.1. The largest absolute Gasteiger partial charge is 0.440 e. The molecule has 2 heterocycles. The number of hydrogen-bond donors (Lipinski definition) is 1. The number of nitrogens with zero attached hydrogens (tertiary/aromatic N) is 2. The Morgan fingerprint density at radius 1 is 1.36 bits per heavy atom. The van der Waals surface area contributed by atoms with Crippen molar-refractivity contribution in [3.63, 3.8) is 0 Å². The first-order valence-corrected chi connectivity index (χ1v) is 9.20. The van der Waals surface area contributed by atoms with Crippen molar-refractivity contribution in [2.75, 3.05) is 19.6 Å². The van der Waals surface area contributed by atoms with Crippen molar-refractivity contribution in [3.8, 4) is 11.3 Å². The molecule has 1 aliphatic rings. The van der Waals surface area contributed by atoms with Gasteiger partial charge in [-0.1, -0.05) is 37.3 Å². The van der Waals surface area contributed by atoms with E-state index in [0.29, 0.717) is 24.8 Å². The first-order chi connectivity index (χ1) is 12.2. The summed E-state index contributed by atoms with van der Waals surface area (Å²) < 4.78 is 5.86. The Balaban J connectivity index is 1.49. The molecule has 1 aromatic carbocycles. The van der Waals surface area contributed by atoms with Gasteiger partial charge in [0.15, 0.2) is 11.7 Å². The lowest BCUT2D eigenvalue weighted by Gasteiger charge is -2.22. The molecule has 5 heteroatoms. The number of likely N-dealkylation sites (tertiary alicyclic amines) is 1. The molecule has 0 bridgehead atoms. The Kier molecular flexibility index (Phi) is 5.87. The van der Waals surface area contributed by atoms with Crippen LogP contribution in [0.4, 0.5) is 0 Å². The lowest BCUT2D eigenvalue weighted by molar-refractivity contribution is -0.121. The van der Waals surface area contributed by atoms with Gasteiger partial charge in [0.1, 0.15) is 0 Å². The minimum absolute atomic E-state index is 0.0695. The second-order valence-corrected chi connectivity index (χ2v) is 6.62. The fourth-order valence-corrected chi connectivity index (χ4v) is 3.50.